The van der Waals surface area contributed by atoms with Gasteiger partial charge in [-0.2, -0.15) is 0 Å². The Morgan fingerprint density at radius 1 is 1.30 bits per heavy atom. The van der Waals surface area contributed by atoms with Crippen LogP contribution >= 0.6 is 0 Å². The molecular formula is C15H21NO6S. The molecule has 0 fully saturated rings. The highest BCUT2D eigenvalue weighted by molar-refractivity contribution is 7.89. The van der Waals surface area contributed by atoms with Crippen molar-refractivity contribution < 1.29 is 27.9 Å². The predicted molar refractivity (Wildman–Crippen MR) is 83.8 cm³/mol. The van der Waals surface area contributed by atoms with Gasteiger partial charge >= 0.3 is 11.9 Å². The Morgan fingerprint density at radius 2 is 1.91 bits per heavy atom. The highest BCUT2D eigenvalue weighted by atomic mass is 32.2. The quantitative estimate of drug-likeness (QED) is 0.729. The van der Waals surface area contributed by atoms with Crippen LogP contribution < -0.4 is 4.72 Å². The topological polar surface area (TPSA) is 110 Å². The summed E-state index contributed by atoms with van der Waals surface area (Å²) in [4.78, 5) is 22.2. The van der Waals surface area contributed by atoms with Crippen LogP contribution in [0.5, 0.6) is 0 Å². The SMILES string of the molecule is COC(=O)c1ccc(C)c(S(=O)(=O)NC(C)(C)CCC(=O)O)c1. The monoisotopic (exact) mass is 343 g/mol. The predicted octanol–water partition coefficient (Wildman–Crippen LogP) is 1.70. The number of carboxylic acid groups (broad SMARTS) is 1. The van der Waals surface area contributed by atoms with Crippen molar-refractivity contribution in [3.05, 3.63) is 29.3 Å². The minimum Gasteiger partial charge on any atom is -0.481 e. The summed E-state index contributed by atoms with van der Waals surface area (Å²) in [6, 6.07) is 4.25. The van der Waals surface area contributed by atoms with Gasteiger partial charge in [0.25, 0.3) is 0 Å². The van der Waals surface area contributed by atoms with Crippen LogP contribution in [-0.4, -0.2) is 38.1 Å². The lowest BCUT2D eigenvalue weighted by molar-refractivity contribution is -0.137. The van der Waals surface area contributed by atoms with Crippen LogP contribution in [0.15, 0.2) is 23.1 Å². The number of hydrogen-bond donors (Lipinski definition) is 2. The average Bonchev–Trinajstić information content (AvgIpc) is 2.43. The minimum atomic E-state index is -3.91. The van der Waals surface area contributed by atoms with E-state index in [1.165, 1.54) is 25.3 Å². The van der Waals surface area contributed by atoms with Crippen molar-refractivity contribution in [3.8, 4) is 0 Å². The number of benzene rings is 1. The third kappa shape index (κ3) is 5.33. The number of aryl methyl sites for hydroxylation is 1. The van der Waals surface area contributed by atoms with Gasteiger partial charge in [0.15, 0.2) is 0 Å². The van der Waals surface area contributed by atoms with E-state index in [4.69, 9.17) is 5.11 Å². The van der Waals surface area contributed by atoms with Crippen LogP contribution in [0.3, 0.4) is 0 Å². The van der Waals surface area contributed by atoms with Gasteiger partial charge in [-0.25, -0.2) is 17.9 Å². The van der Waals surface area contributed by atoms with E-state index < -0.39 is 27.5 Å². The molecular weight excluding hydrogens is 322 g/mol. The zero-order chi connectivity index (χ0) is 17.8. The molecule has 2 N–H and O–H groups in total. The third-order valence-electron chi connectivity index (χ3n) is 3.27. The van der Waals surface area contributed by atoms with E-state index >= 15 is 0 Å². The van der Waals surface area contributed by atoms with Gasteiger partial charge in [-0.15, -0.1) is 0 Å². The van der Waals surface area contributed by atoms with Crippen molar-refractivity contribution in [1.82, 2.24) is 4.72 Å². The molecule has 0 aromatic heterocycles. The fraction of sp³-hybridized carbons (Fsp3) is 0.467. The van der Waals surface area contributed by atoms with E-state index in [-0.39, 0.29) is 23.3 Å². The fourth-order valence-corrected chi connectivity index (χ4v) is 3.74. The van der Waals surface area contributed by atoms with Crippen molar-refractivity contribution in [3.63, 3.8) is 0 Å². The highest BCUT2D eigenvalue weighted by Crippen LogP contribution is 2.21. The molecule has 1 rings (SSSR count). The second-order valence-corrected chi connectivity index (χ2v) is 7.51. The van der Waals surface area contributed by atoms with Gasteiger partial charge < -0.3 is 9.84 Å². The molecule has 0 saturated carbocycles. The minimum absolute atomic E-state index is 0.0381. The van der Waals surface area contributed by atoms with E-state index in [0.29, 0.717) is 5.56 Å². The first kappa shape index (κ1) is 19.1. The molecule has 0 saturated heterocycles. The molecule has 1 aromatic carbocycles. The highest BCUT2D eigenvalue weighted by Gasteiger charge is 2.28. The van der Waals surface area contributed by atoms with Crippen molar-refractivity contribution >= 4 is 22.0 Å². The number of ether oxygens (including phenoxy) is 1. The summed E-state index contributed by atoms with van der Waals surface area (Å²) in [7, 11) is -2.70. The van der Waals surface area contributed by atoms with Crippen LogP contribution in [0.4, 0.5) is 0 Å². The first-order valence-corrected chi connectivity index (χ1v) is 8.41. The smallest absolute Gasteiger partial charge is 0.337 e. The molecule has 1 aromatic rings. The van der Waals surface area contributed by atoms with Gasteiger partial charge in [0.2, 0.25) is 10.0 Å². The molecule has 0 unspecified atom stereocenters. The standard InChI is InChI=1S/C15H21NO6S/c1-10-5-6-11(14(19)22-4)9-12(10)23(20,21)16-15(2,3)8-7-13(17)18/h5-6,9,16H,7-8H2,1-4H3,(H,17,18). The zero-order valence-electron chi connectivity index (χ0n) is 13.5. The Bertz CT molecular complexity index is 709. The number of aliphatic carboxylic acids is 1. The van der Waals surface area contributed by atoms with Crippen molar-refractivity contribution in [1.29, 1.82) is 0 Å². The number of sulfonamides is 1. The maximum atomic E-state index is 12.6. The van der Waals surface area contributed by atoms with E-state index in [9.17, 15) is 18.0 Å². The summed E-state index contributed by atoms with van der Waals surface area (Å²) in [5.41, 5.74) is -0.341. The Morgan fingerprint density at radius 3 is 2.43 bits per heavy atom. The molecule has 0 aliphatic rings. The lowest BCUT2D eigenvalue weighted by atomic mass is 10.0. The van der Waals surface area contributed by atoms with Crippen molar-refractivity contribution in [2.24, 2.45) is 0 Å². The first-order valence-electron chi connectivity index (χ1n) is 6.93. The third-order valence-corrected chi connectivity index (χ3v) is 5.11. The summed E-state index contributed by atoms with van der Waals surface area (Å²) in [5.74, 6) is -1.63. The van der Waals surface area contributed by atoms with Crippen LogP contribution in [0.1, 0.15) is 42.6 Å². The van der Waals surface area contributed by atoms with Crippen molar-refractivity contribution in [2.45, 2.75) is 44.0 Å². The molecule has 0 radical (unpaired) electrons. The molecule has 8 heteroatoms. The maximum absolute atomic E-state index is 12.6. The molecule has 23 heavy (non-hydrogen) atoms. The Labute approximate surface area is 135 Å². The molecule has 0 bridgehead atoms. The van der Waals surface area contributed by atoms with Gasteiger partial charge in [-0.3, -0.25) is 4.79 Å². The van der Waals surface area contributed by atoms with Gasteiger partial charge in [-0.1, -0.05) is 6.07 Å². The number of carboxylic acids is 1. The number of carbonyl (C=O) groups is 2. The molecule has 0 spiro atoms. The Balaban J connectivity index is 3.13. The molecule has 0 atom stereocenters. The van der Waals surface area contributed by atoms with E-state index in [1.807, 2.05) is 0 Å². The molecule has 0 aliphatic heterocycles. The largest absolute Gasteiger partial charge is 0.481 e. The fourth-order valence-electron chi connectivity index (χ4n) is 2.02. The normalized spacial score (nSPS) is 12.0. The first-order chi connectivity index (χ1) is 10.5. The Kier molecular flexibility index (Phi) is 5.90. The second-order valence-electron chi connectivity index (χ2n) is 5.85. The van der Waals surface area contributed by atoms with Crippen LogP contribution in [0.25, 0.3) is 0 Å². The summed E-state index contributed by atoms with van der Waals surface area (Å²) in [6.07, 6.45) is -0.0198. The number of carbonyl (C=O) groups excluding carboxylic acids is 1. The Hall–Kier alpha value is -1.93. The zero-order valence-corrected chi connectivity index (χ0v) is 14.4. The molecule has 0 heterocycles. The number of hydrogen-bond acceptors (Lipinski definition) is 5. The van der Waals surface area contributed by atoms with E-state index in [2.05, 4.69) is 9.46 Å². The summed E-state index contributed by atoms with van der Waals surface area (Å²) in [6.45, 7) is 4.82. The van der Waals surface area contributed by atoms with Gasteiger partial charge in [0.05, 0.1) is 17.6 Å². The maximum Gasteiger partial charge on any atom is 0.337 e. The van der Waals surface area contributed by atoms with Crippen LogP contribution in [0, 0.1) is 6.92 Å². The van der Waals surface area contributed by atoms with Crippen LogP contribution in [0.2, 0.25) is 0 Å². The van der Waals surface area contributed by atoms with Gasteiger partial charge in [-0.05, 0) is 44.9 Å². The molecule has 128 valence electrons. The molecule has 7 nitrogen and oxygen atoms in total. The number of esters is 1. The van der Waals surface area contributed by atoms with Gasteiger partial charge in [0, 0.05) is 12.0 Å². The number of nitrogens with one attached hydrogen (secondary N) is 1. The summed E-state index contributed by atoms with van der Waals surface area (Å²) >= 11 is 0. The average molecular weight is 343 g/mol. The summed E-state index contributed by atoms with van der Waals surface area (Å²) in [5, 5.41) is 8.73. The number of rotatable bonds is 7. The van der Waals surface area contributed by atoms with E-state index in [0.717, 1.165) is 0 Å². The van der Waals surface area contributed by atoms with E-state index in [1.54, 1.807) is 20.8 Å². The molecule has 0 aliphatic carbocycles. The molecule has 0 amide bonds. The summed E-state index contributed by atoms with van der Waals surface area (Å²) < 4.78 is 32.2. The second kappa shape index (κ2) is 7.10. The lowest BCUT2D eigenvalue weighted by Crippen LogP contribution is -2.43. The van der Waals surface area contributed by atoms with Crippen molar-refractivity contribution in [2.75, 3.05) is 7.11 Å². The lowest BCUT2D eigenvalue weighted by Gasteiger charge is -2.25. The number of methoxy groups -OCH3 is 1. The van der Waals surface area contributed by atoms with Gasteiger partial charge in [0.1, 0.15) is 0 Å². The van der Waals surface area contributed by atoms with Crippen LogP contribution in [-0.2, 0) is 19.6 Å².